The molecule has 0 radical (unpaired) electrons. The number of hydrazone groups is 1. The minimum atomic E-state index is -0.395. The van der Waals surface area contributed by atoms with Crippen molar-refractivity contribution in [1.82, 2.24) is 5.43 Å². The molecule has 2 rings (SSSR count). The van der Waals surface area contributed by atoms with E-state index < -0.39 is 5.91 Å². The highest BCUT2D eigenvalue weighted by Gasteiger charge is 2.06. The first-order valence-electron chi connectivity index (χ1n) is 7.56. The van der Waals surface area contributed by atoms with Gasteiger partial charge in [-0.1, -0.05) is 18.2 Å². The summed E-state index contributed by atoms with van der Waals surface area (Å²) in [6, 6.07) is 12.5. The zero-order valence-electron chi connectivity index (χ0n) is 13.7. The van der Waals surface area contributed by atoms with Crippen molar-refractivity contribution in [3.63, 3.8) is 0 Å². The summed E-state index contributed by atoms with van der Waals surface area (Å²) >= 11 is 0. The molecule has 0 heterocycles. The predicted molar refractivity (Wildman–Crippen MR) is 91.7 cm³/mol. The van der Waals surface area contributed by atoms with Gasteiger partial charge in [-0.15, -0.1) is 0 Å². The first-order chi connectivity index (χ1) is 11.6. The Hall–Kier alpha value is -3.02. The Labute approximate surface area is 140 Å². The summed E-state index contributed by atoms with van der Waals surface area (Å²) < 4.78 is 10.7. The number of hydrogen-bond acceptors (Lipinski definition) is 5. The first-order valence-corrected chi connectivity index (χ1v) is 7.56. The minimum Gasteiger partial charge on any atom is -0.504 e. The number of para-hydroxylation sites is 1. The lowest BCUT2D eigenvalue weighted by molar-refractivity contribution is -0.123. The fourth-order valence-electron chi connectivity index (χ4n) is 1.98. The zero-order valence-corrected chi connectivity index (χ0v) is 13.7. The fraction of sp³-hybridized carbons (Fsp3) is 0.222. The van der Waals surface area contributed by atoms with Gasteiger partial charge in [-0.2, -0.15) is 5.10 Å². The van der Waals surface area contributed by atoms with E-state index in [9.17, 15) is 9.90 Å². The summed E-state index contributed by atoms with van der Waals surface area (Å²) in [4.78, 5) is 11.7. The number of carbonyl (C=O) groups excluding carboxylic acids is 1. The third-order valence-electron chi connectivity index (χ3n) is 3.08. The molecule has 0 aliphatic heterocycles. The molecule has 126 valence electrons. The Morgan fingerprint density at radius 1 is 1.25 bits per heavy atom. The van der Waals surface area contributed by atoms with E-state index in [-0.39, 0.29) is 12.4 Å². The maximum Gasteiger partial charge on any atom is 0.277 e. The van der Waals surface area contributed by atoms with Crippen molar-refractivity contribution in [2.75, 3.05) is 13.2 Å². The van der Waals surface area contributed by atoms with Gasteiger partial charge >= 0.3 is 0 Å². The van der Waals surface area contributed by atoms with Crippen LogP contribution < -0.4 is 14.9 Å². The smallest absolute Gasteiger partial charge is 0.277 e. The molecule has 0 aromatic heterocycles. The molecule has 0 saturated carbocycles. The summed E-state index contributed by atoms with van der Waals surface area (Å²) in [6.07, 6.45) is 1.35. The van der Waals surface area contributed by atoms with E-state index in [1.807, 2.05) is 32.0 Å². The molecule has 0 aliphatic carbocycles. The normalized spacial score (nSPS) is 10.6. The molecule has 0 spiro atoms. The van der Waals surface area contributed by atoms with Gasteiger partial charge in [-0.25, -0.2) is 5.43 Å². The van der Waals surface area contributed by atoms with Crippen LogP contribution in [0.3, 0.4) is 0 Å². The second-order valence-electron chi connectivity index (χ2n) is 5.03. The van der Waals surface area contributed by atoms with Crippen LogP contribution in [-0.4, -0.2) is 30.4 Å². The summed E-state index contributed by atoms with van der Waals surface area (Å²) in [5, 5.41) is 13.8. The van der Waals surface area contributed by atoms with Crippen LogP contribution >= 0.6 is 0 Å². The standard InChI is InChI=1S/C18H20N2O4/c1-3-23-16-9-5-7-14(18(16)22)11-19-20-17(21)12-24-15-8-4-6-13(2)10-15/h4-11,22H,3,12H2,1-2H3,(H,20,21). The molecule has 0 saturated heterocycles. The van der Waals surface area contributed by atoms with Gasteiger partial charge in [-0.05, 0) is 43.7 Å². The van der Waals surface area contributed by atoms with E-state index in [1.54, 1.807) is 24.3 Å². The second-order valence-corrected chi connectivity index (χ2v) is 5.03. The van der Waals surface area contributed by atoms with Crippen molar-refractivity contribution in [2.24, 2.45) is 5.10 Å². The van der Waals surface area contributed by atoms with Crippen molar-refractivity contribution in [1.29, 1.82) is 0 Å². The van der Waals surface area contributed by atoms with Crippen molar-refractivity contribution in [2.45, 2.75) is 13.8 Å². The van der Waals surface area contributed by atoms with E-state index in [0.717, 1.165) is 5.56 Å². The lowest BCUT2D eigenvalue weighted by atomic mass is 10.2. The van der Waals surface area contributed by atoms with Gasteiger partial charge in [0.25, 0.3) is 5.91 Å². The number of benzene rings is 2. The van der Waals surface area contributed by atoms with Gasteiger partial charge in [0.15, 0.2) is 18.1 Å². The molecule has 1 amide bonds. The van der Waals surface area contributed by atoms with E-state index in [1.165, 1.54) is 6.21 Å². The van der Waals surface area contributed by atoms with Crippen LogP contribution in [-0.2, 0) is 4.79 Å². The predicted octanol–water partition coefficient (Wildman–Crippen LogP) is 2.63. The molecule has 0 atom stereocenters. The van der Waals surface area contributed by atoms with Crippen LogP contribution in [0.4, 0.5) is 0 Å². The highest BCUT2D eigenvalue weighted by molar-refractivity contribution is 5.86. The van der Waals surface area contributed by atoms with Crippen LogP contribution in [0.1, 0.15) is 18.1 Å². The summed E-state index contributed by atoms with van der Waals surface area (Å²) in [5.41, 5.74) is 3.84. The maximum absolute atomic E-state index is 11.7. The van der Waals surface area contributed by atoms with Crippen LogP contribution in [0.2, 0.25) is 0 Å². The van der Waals surface area contributed by atoms with Crippen molar-refractivity contribution in [3.8, 4) is 17.2 Å². The SMILES string of the molecule is CCOc1cccc(C=NNC(=O)COc2cccc(C)c2)c1O. The second kappa shape index (κ2) is 8.57. The van der Waals surface area contributed by atoms with Crippen molar-refractivity contribution in [3.05, 3.63) is 53.6 Å². The molecule has 6 heteroatoms. The highest BCUT2D eigenvalue weighted by Crippen LogP contribution is 2.28. The molecule has 0 unspecified atom stereocenters. The number of amides is 1. The fourth-order valence-corrected chi connectivity index (χ4v) is 1.98. The molecule has 0 fully saturated rings. The number of rotatable bonds is 7. The number of phenols is 1. The molecule has 0 bridgehead atoms. The monoisotopic (exact) mass is 328 g/mol. The van der Waals surface area contributed by atoms with E-state index in [2.05, 4.69) is 10.5 Å². The lowest BCUT2D eigenvalue weighted by Crippen LogP contribution is -2.24. The topological polar surface area (TPSA) is 80.2 Å². The highest BCUT2D eigenvalue weighted by atomic mass is 16.5. The Kier molecular flexibility index (Phi) is 6.19. The number of aromatic hydroxyl groups is 1. The number of carbonyl (C=O) groups is 1. The van der Waals surface area contributed by atoms with Gasteiger partial charge in [0.1, 0.15) is 5.75 Å². The number of hydrogen-bond donors (Lipinski definition) is 2. The van der Waals surface area contributed by atoms with Gasteiger partial charge in [-0.3, -0.25) is 4.79 Å². The Morgan fingerprint density at radius 2 is 2.04 bits per heavy atom. The third kappa shape index (κ3) is 5.01. The van der Waals surface area contributed by atoms with Crippen LogP contribution in [0.5, 0.6) is 17.2 Å². The molecule has 2 aromatic carbocycles. The Bertz CT molecular complexity index is 729. The number of ether oxygens (including phenoxy) is 2. The van der Waals surface area contributed by atoms with Crippen LogP contribution in [0.25, 0.3) is 0 Å². The summed E-state index contributed by atoms with van der Waals surface area (Å²) in [7, 11) is 0. The van der Waals surface area contributed by atoms with Crippen LogP contribution in [0, 0.1) is 6.92 Å². The van der Waals surface area contributed by atoms with E-state index >= 15 is 0 Å². The number of nitrogens with zero attached hydrogens (tertiary/aromatic N) is 1. The number of phenolic OH excluding ortho intramolecular Hbond substituents is 1. The lowest BCUT2D eigenvalue weighted by Gasteiger charge is -2.07. The molecule has 24 heavy (non-hydrogen) atoms. The van der Waals surface area contributed by atoms with E-state index in [0.29, 0.717) is 23.7 Å². The molecular formula is C18H20N2O4. The van der Waals surface area contributed by atoms with Crippen LogP contribution in [0.15, 0.2) is 47.6 Å². The van der Waals surface area contributed by atoms with E-state index in [4.69, 9.17) is 9.47 Å². The largest absolute Gasteiger partial charge is 0.504 e. The summed E-state index contributed by atoms with van der Waals surface area (Å²) in [5.74, 6) is 0.577. The zero-order chi connectivity index (χ0) is 17.4. The third-order valence-corrected chi connectivity index (χ3v) is 3.08. The Morgan fingerprint density at radius 3 is 2.79 bits per heavy atom. The summed E-state index contributed by atoms with van der Waals surface area (Å²) in [6.45, 7) is 4.07. The molecule has 0 aliphatic rings. The van der Waals surface area contributed by atoms with Gasteiger partial charge in [0.2, 0.25) is 0 Å². The van der Waals surface area contributed by atoms with Gasteiger partial charge in [0, 0.05) is 5.56 Å². The molecule has 2 aromatic rings. The average molecular weight is 328 g/mol. The first kappa shape index (κ1) is 17.3. The quantitative estimate of drug-likeness (QED) is 0.605. The molecular weight excluding hydrogens is 308 g/mol. The number of aryl methyl sites for hydroxylation is 1. The molecule has 6 nitrogen and oxygen atoms in total. The molecule has 2 N–H and O–H groups in total. The van der Waals surface area contributed by atoms with Crippen molar-refractivity contribution >= 4 is 12.1 Å². The van der Waals surface area contributed by atoms with Crippen molar-refractivity contribution < 1.29 is 19.4 Å². The minimum absolute atomic E-state index is 0.0200. The van der Waals surface area contributed by atoms with Gasteiger partial charge in [0.05, 0.1) is 12.8 Å². The number of nitrogens with one attached hydrogen (secondary N) is 1. The Balaban J connectivity index is 1.87. The maximum atomic E-state index is 11.7. The van der Waals surface area contributed by atoms with Gasteiger partial charge < -0.3 is 14.6 Å². The average Bonchev–Trinajstić information content (AvgIpc) is 2.56.